The molecule has 2 heterocycles. The highest BCUT2D eigenvalue weighted by molar-refractivity contribution is 5.28. The summed E-state index contributed by atoms with van der Waals surface area (Å²) >= 11 is 0. The van der Waals surface area contributed by atoms with Crippen molar-refractivity contribution in [3.05, 3.63) is 59.9 Å². The fourth-order valence-corrected chi connectivity index (χ4v) is 3.51. The largest absolute Gasteiger partial charge is 0.494 e. The number of nitrogens with zero attached hydrogens (tertiary/aromatic N) is 2. The van der Waals surface area contributed by atoms with Gasteiger partial charge < -0.3 is 10.1 Å². The predicted octanol–water partition coefficient (Wildman–Crippen LogP) is 3.62. The minimum atomic E-state index is 0.591. The topological polar surface area (TPSA) is 37.4 Å². The number of hydrogen-bond donors (Lipinski definition) is 1. The normalized spacial score (nSPS) is 18.1. The van der Waals surface area contributed by atoms with E-state index in [1.165, 1.54) is 24.8 Å². The number of aromatic nitrogens is 1. The fraction of sp³-hybridized carbons (Fsp3) is 0.476. The summed E-state index contributed by atoms with van der Waals surface area (Å²) in [5, 5.41) is 3.52. The van der Waals surface area contributed by atoms with Crippen LogP contribution < -0.4 is 10.1 Å². The Balaban J connectivity index is 1.76. The summed E-state index contributed by atoms with van der Waals surface area (Å²) in [6.45, 7) is 6.79. The first-order valence-electron chi connectivity index (χ1n) is 9.41. The average Bonchev–Trinajstić information content (AvgIpc) is 2.92. The lowest BCUT2D eigenvalue weighted by Crippen LogP contribution is -2.35. The highest BCUT2D eigenvalue weighted by atomic mass is 16.5. The smallest absolute Gasteiger partial charge is 0.119 e. The molecule has 2 aromatic rings. The molecule has 3 rings (SSSR count). The van der Waals surface area contributed by atoms with Gasteiger partial charge in [0, 0.05) is 25.3 Å². The van der Waals surface area contributed by atoms with E-state index in [0.29, 0.717) is 12.6 Å². The molecule has 4 nitrogen and oxygen atoms in total. The maximum atomic E-state index is 5.67. The van der Waals surface area contributed by atoms with Gasteiger partial charge in [0.1, 0.15) is 5.75 Å². The van der Waals surface area contributed by atoms with Gasteiger partial charge in [0.15, 0.2) is 0 Å². The van der Waals surface area contributed by atoms with Gasteiger partial charge in [0.25, 0.3) is 0 Å². The van der Waals surface area contributed by atoms with Gasteiger partial charge in [-0.1, -0.05) is 18.2 Å². The second-order valence-electron chi connectivity index (χ2n) is 6.64. The number of ether oxygens (including phenoxy) is 1. The van der Waals surface area contributed by atoms with Crippen LogP contribution in [0, 0.1) is 0 Å². The highest BCUT2D eigenvalue weighted by Crippen LogP contribution is 2.21. The minimum Gasteiger partial charge on any atom is -0.494 e. The van der Waals surface area contributed by atoms with E-state index in [9.17, 15) is 0 Å². The summed E-state index contributed by atoms with van der Waals surface area (Å²) in [7, 11) is 0. The molecule has 25 heavy (non-hydrogen) atoms. The van der Waals surface area contributed by atoms with Crippen molar-refractivity contribution in [3.8, 4) is 5.75 Å². The van der Waals surface area contributed by atoms with Crippen molar-refractivity contribution in [2.45, 2.75) is 45.3 Å². The molecule has 0 bridgehead atoms. The van der Waals surface area contributed by atoms with E-state index in [2.05, 4.69) is 45.5 Å². The van der Waals surface area contributed by atoms with E-state index in [0.717, 1.165) is 37.6 Å². The monoisotopic (exact) mass is 339 g/mol. The van der Waals surface area contributed by atoms with Crippen molar-refractivity contribution in [1.29, 1.82) is 0 Å². The van der Waals surface area contributed by atoms with Crippen molar-refractivity contribution in [3.63, 3.8) is 0 Å². The van der Waals surface area contributed by atoms with Gasteiger partial charge in [-0.25, -0.2) is 0 Å². The maximum absolute atomic E-state index is 5.67. The van der Waals surface area contributed by atoms with Gasteiger partial charge in [0.05, 0.1) is 12.3 Å². The summed E-state index contributed by atoms with van der Waals surface area (Å²) in [4.78, 5) is 7.13. The minimum absolute atomic E-state index is 0.591. The van der Waals surface area contributed by atoms with Crippen molar-refractivity contribution in [2.24, 2.45) is 0 Å². The molecule has 0 saturated carbocycles. The van der Waals surface area contributed by atoms with Crippen LogP contribution in [0.4, 0.5) is 0 Å². The molecule has 0 amide bonds. The second kappa shape index (κ2) is 9.54. The Labute approximate surface area is 151 Å². The Morgan fingerprint density at radius 3 is 2.92 bits per heavy atom. The number of hydrogen-bond acceptors (Lipinski definition) is 4. The number of pyridine rings is 1. The molecule has 1 aromatic carbocycles. The van der Waals surface area contributed by atoms with Crippen molar-refractivity contribution in [2.75, 3.05) is 19.7 Å². The van der Waals surface area contributed by atoms with E-state index in [1.807, 2.05) is 25.3 Å². The summed E-state index contributed by atoms with van der Waals surface area (Å²) in [5.74, 6) is 0.959. The Kier molecular flexibility index (Phi) is 6.83. The van der Waals surface area contributed by atoms with E-state index in [1.54, 1.807) is 0 Å². The van der Waals surface area contributed by atoms with Gasteiger partial charge in [-0.05, 0) is 69.1 Å². The standard InChI is InChI=1S/C21H29N3O/c1-2-25-21-10-5-7-18(15-21)16-24(17-19-8-3-4-13-23-19)20-9-6-12-22-14-11-20/h3-5,7-8,10,13,15,20,22H,2,6,9,11-12,14,16-17H2,1H3/t20-/m1/s1. The van der Waals surface area contributed by atoms with Crippen molar-refractivity contribution < 1.29 is 4.74 Å². The Hall–Kier alpha value is -1.91. The molecule has 0 aliphatic carbocycles. The molecule has 1 aromatic heterocycles. The quantitative estimate of drug-likeness (QED) is 0.836. The molecule has 1 aliphatic heterocycles. The van der Waals surface area contributed by atoms with E-state index in [-0.39, 0.29) is 0 Å². The number of rotatable bonds is 7. The van der Waals surface area contributed by atoms with Gasteiger partial charge in [-0.15, -0.1) is 0 Å². The molecule has 1 aliphatic rings. The predicted molar refractivity (Wildman–Crippen MR) is 102 cm³/mol. The maximum Gasteiger partial charge on any atom is 0.119 e. The zero-order valence-electron chi connectivity index (χ0n) is 15.2. The van der Waals surface area contributed by atoms with Gasteiger partial charge in [-0.2, -0.15) is 0 Å². The van der Waals surface area contributed by atoms with Crippen LogP contribution in [0.5, 0.6) is 5.75 Å². The van der Waals surface area contributed by atoms with Crippen LogP contribution in [0.2, 0.25) is 0 Å². The lowest BCUT2D eigenvalue weighted by molar-refractivity contribution is 0.162. The average molecular weight is 339 g/mol. The van der Waals surface area contributed by atoms with Gasteiger partial charge in [0.2, 0.25) is 0 Å². The molecule has 1 saturated heterocycles. The summed E-state index contributed by atoms with van der Waals surface area (Å²) in [6, 6.07) is 15.3. The van der Waals surface area contributed by atoms with Crippen molar-refractivity contribution in [1.82, 2.24) is 15.2 Å². The van der Waals surface area contributed by atoms with Crippen LogP contribution in [0.25, 0.3) is 0 Å². The third kappa shape index (κ3) is 5.55. The van der Waals surface area contributed by atoms with E-state index >= 15 is 0 Å². The zero-order valence-corrected chi connectivity index (χ0v) is 15.2. The highest BCUT2D eigenvalue weighted by Gasteiger charge is 2.21. The summed E-state index contributed by atoms with van der Waals surface area (Å²) in [6.07, 6.45) is 5.56. The first-order valence-corrected chi connectivity index (χ1v) is 9.41. The molecule has 1 atom stereocenters. The molecule has 0 unspecified atom stereocenters. The Morgan fingerprint density at radius 1 is 1.12 bits per heavy atom. The second-order valence-corrected chi connectivity index (χ2v) is 6.64. The van der Waals surface area contributed by atoms with Crippen molar-refractivity contribution >= 4 is 0 Å². The first kappa shape index (κ1) is 17.9. The molecule has 1 fully saturated rings. The lowest BCUT2D eigenvalue weighted by Gasteiger charge is -2.31. The number of benzene rings is 1. The lowest BCUT2D eigenvalue weighted by atomic mass is 10.1. The van der Waals surface area contributed by atoms with Crippen LogP contribution in [0.1, 0.15) is 37.4 Å². The Bertz CT molecular complexity index is 624. The van der Waals surface area contributed by atoms with Gasteiger partial charge >= 0.3 is 0 Å². The molecule has 0 radical (unpaired) electrons. The molecular formula is C21H29N3O. The third-order valence-electron chi connectivity index (χ3n) is 4.75. The molecule has 0 spiro atoms. The molecule has 4 heteroatoms. The van der Waals surface area contributed by atoms with Crippen LogP contribution >= 0.6 is 0 Å². The van der Waals surface area contributed by atoms with E-state index in [4.69, 9.17) is 4.74 Å². The summed E-state index contributed by atoms with van der Waals surface area (Å²) in [5.41, 5.74) is 2.44. The summed E-state index contributed by atoms with van der Waals surface area (Å²) < 4.78 is 5.67. The SMILES string of the molecule is CCOc1cccc(CN(Cc2ccccn2)[C@@H]2CCCNCC2)c1. The molecule has 134 valence electrons. The molecular weight excluding hydrogens is 310 g/mol. The Morgan fingerprint density at radius 2 is 2.08 bits per heavy atom. The fourth-order valence-electron chi connectivity index (χ4n) is 3.51. The van der Waals surface area contributed by atoms with Crippen LogP contribution in [-0.2, 0) is 13.1 Å². The van der Waals surface area contributed by atoms with E-state index < -0.39 is 0 Å². The van der Waals surface area contributed by atoms with Crippen LogP contribution in [0.3, 0.4) is 0 Å². The number of nitrogens with one attached hydrogen (secondary N) is 1. The molecule has 1 N–H and O–H groups in total. The third-order valence-corrected chi connectivity index (χ3v) is 4.75. The van der Waals surface area contributed by atoms with Crippen LogP contribution in [-0.4, -0.2) is 35.6 Å². The zero-order chi connectivity index (χ0) is 17.3. The first-order chi connectivity index (χ1) is 12.3. The van der Waals surface area contributed by atoms with Gasteiger partial charge in [-0.3, -0.25) is 9.88 Å². The van der Waals surface area contributed by atoms with Crippen LogP contribution in [0.15, 0.2) is 48.7 Å².